The Balaban J connectivity index is 1.33. The third kappa shape index (κ3) is 6.11. The first-order valence-corrected chi connectivity index (χ1v) is 9.67. The van der Waals surface area contributed by atoms with Crippen molar-refractivity contribution in [3.63, 3.8) is 0 Å². The van der Waals surface area contributed by atoms with E-state index in [4.69, 9.17) is 4.74 Å². The van der Waals surface area contributed by atoms with Crippen LogP contribution in [-0.4, -0.2) is 26.2 Å². The Morgan fingerprint density at radius 3 is 1.53 bits per heavy atom. The summed E-state index contributed by atoms with van der Waals surface area (Å²) >= 11 is 0. The smallest absolute Gasteiger partial charge is 0.406 e. The van der Waals surface area contributed by atoms with Crippen molar-refractivity contribution in [2.24, 2.45) is 20.5 Å². The lowest BCUT2D eigenvalue weighted by Crippen LogP contribution is -2.17. The first kappa shape index (κ1) is 21.4. The molecule has 1 heterocycles. The van der Waals surface area contributed by atoms with Crippen LogP contribution in [0.15, 0.2) is 93.3 Å². The van der Waals surface area contributed by atoms with Crippen LogP contribution in [-0.2, 0) is 4.74 Å². The third-order valence-corrected chi connectivity index (χ3v) is 4.45. The van der Waals surface area contributed by atoms with Gasteiger partial charge in [0.15, 0.2) is 0 Å². The van der Waals surface area contributed by atoms with Crippen LogP contribution in [0.3, 0.4) is 0 Å². The zero-order chi connectivity index (χ0) is 22.4. The Bertz CT molecular complexity index is 1080. The van der Waals surface area contributed by atoms with Gasteiger partial charge >= 0.3 is 6.36 Å². The van der Waals surface area contributed by atoms with E-state index in [-0.39, 0.29) is 5.75 Å². The summed E-state index contributed by atoms with van der Waals surface area (Å²) in [6.07, 6.45) is -4.73. The molecular weight excluding hydrogens is 423 g/mol. The van der Waals surface area contributed by atoms with Crippen LogP contribution in [0, 0.1) is 0 Å². The van der Waals surface area contributed by atoms with Gasteiger partial charge in [0.25, 0.3) is 0 Å². The first-order valence-electron chi connectivity index (χ1n) is 9.67. The van der Waals surface area contributed by atoms with E-state index < -0.39 is 6.36 Å². The summed E-state index contributed by atoms with van der Waals surface area (Å²) in [5, 5.41) is 16.5. The van der Waals surface area contributed by atoms with Crippen molar-refractivity contribution in [1.29, 1.82) is 0 Å². The highest BCUT2D eigenvalue weighted by Gasteiger charge is 2.30. The largest absolute Gasteiger partial charge is 0.573 e. The fourth-order valence-corrected chi connectivity index (χ4v) is 2.88. The van der Waals surface area contributed by atoms with E-state index in [1.807, 2.05) is 24.3 Å². The average Bonchev–Trinajstić information content (AvgIpc) is 3.32. The fourth-order valence-electron chi connectivity index (χ4n) is 2.88. The molecular formula is C22H18F3N5O2. The highest BCUT2D eigenvalue weighted by atomic mass is 19.4. The lowest BCUT2D eigenvalue weighted by Gasteiger charge is -2.15. The summed E-state index contributed by atoms with van der Waals surface area (Å²) in [6.45, 7) is 2.21. The molecule has 1 aliphatic rings. The van der Waals surface area contributed by atoms with E-state index >= 15 is 0 Å². The molecule has 0 unspecified atom stereocenters. The van der Waals surface area contributed by atoms with Crippen molar-refractivity contribution in [3.05, 3.63) is 72.8 Å². The molecule has 164 valence electrons. The van der Waals surface area contributed by atoms with Gasteiger partial charge in [-0.25, -0.2) is 0 Å². The van der Waals surface area contributed by atoms with Crippen LogP contribution in [0.1, 0.15) is 0 Å². The van der Waals surface area contributed by atoms with Crippen LogP contribution in [0.25, 0.3) is 0 Å². The van der Waals surface area contributed by atoms with Gasteiger partial charge in [0, 0.05) is 12.2 Å². The predicted octanol–water partition coefficient (Wildman–Crippen LogP) is 7.21. The van der Waals surface area contributed by atoms with Crippen molar-refractivity contribution >= 4 is 28.4 Å². The number of hydrogen-bond donors (Lipinski definition) is 0. The maximum atomic E-state index is 12.2. The van der Waals surface area contributed by atoms with Crippen molar-refractivity contribution < 1.29 is 22.6 Å². The Kier molecular flexibility index (Phi) is 6.41. The number of halogens is 3. The number of nitrogens with zero attached hydrogens (tertiary/aromatic N) is 5. The van der Waals surface area contributed by atoms with E-state index in [1.54, 1.807) is 24.3 Å². The minimum absolute atomic E-state index is 0.314. The van der Waals surface area contributed by atoms with Gasteiger partial charge in [-0.2, -0.15) is 20.5 Å². The van der Waals surface area contributed by atoms with E-state index in [2.05, 4.69) is 30.1 Å². The van der Waals surface area contributed by atoms with E-state index in [9.17, 15) is 13.2 Å². The Morgan fingerprint density at radius 1 is 0.688 bits per heavy atom. The molecule has 3 aromatic rings. The lowest BCUT2D eigenvalue weighted by atomic mass is 10.2. The molecule has 0 N–H and O–H groups in total. The Morgan fingerprint density at radius 2 is 1.12 bits per heavy atom. The Hall–Kier alpha value is -3.79. The molecule has 1 saturated heterocycles. The quantitative estimate of drug-likeness (QED) is 0.380. The molecule has 10 heteroatoms. The maximum absolute atomic E-state index is 12.2. The minimum Gasteiger partial charge on any atom is -0.406 e. The summed E-state index contributed by atoms with van der Waals surface area (Å²) in [5.74, 6) is -0.314. The van der Waals surface area contributed by atoms with Gasteiger partial charge in [-0.1, -0.05) is 0 Å². The lowest BCUT2D eigenvalue weighted by molar-refractivity contribution is -0.274. The van der Waals surface area contributed by atoms with Gasteiger partial charge in [-0.05, 0) is 72.8 Å². The number of ether oxygens (including phenoxy) is 2. The molecule has 1 aliphatic heterocycles. The normalized spacial score (nSPS) is 14.5. The average molecular weight is 441 g/mol. The monoisotopic (exact) mass is 441 g/mol. The number of alkyl halides is 3. The summed E-state index contributed by atoms with van der Waals surface area (Å²) in [5.41, 5.74) is 3.42. The number of rotatable bonds is 6. The molecule has 7 nitrogen and oxygen atoms in total. The number of anilines is 1. The molecule has 0 spiro atoms. The molecule has 4 rings (SSSR count). The molecule has 0 aliphatic carbocycles. The zero-order valence-corrected chi connectivity index (χ0v) is 16.7. The van der Waals surface area contributed by atoms with Gasteiger partial charge in [-0.3, -0.25) is 0 Å². The third-order valence-electron chi connectivity index (χ3n) is 4.45. The van der Waals surface area contributed by atoms with Gasteiger partial charge in [0.05, 0.1) is 29.4 Å². The molecule has 1 fully saturated rings. The van der Waals surface area contributed by atoms with Crippen LogP contribution in [0.4, 0.5) is 41.6 Å². The molecule has 0 aromatic heterocycles. The second-order valence-corrected chi connectivity index (χ2v) is 6.78. The number of hydrogen-bond acceptors (Lipinski definition) is 7. The van der Waals surface area contributed by atoms with Crippen molar-refractivity contribution in [2.75, 3.05) is 24.8 Å². The summed E-state index contributed by atoms with van der Waals surface area (Å²) in [4.78, 5) is 2.14. The standard InChI is InChI=1S/C22H18F3N5O2/c23-22(24,25)32-21-11-7-19(8-12-21)29-27-17-3-1-16(2-4-17)26-28-18-5-9-20(10-6-18)30-13-14-31-15-30/h1-12H,13-15H2. The molecule has 0 radical (unpaired) electrons. The first-order chi connectivity index (χ1) is 15.4. The fraction of sp³-hybridized carbons (Fsp3) is 0.182. The molecule has 0 bridgehead atoms. The number of azo groups is 2. The van der Waals surface area contributed by atoms with Crippen LogP contribution >= 0.6 is 0 Å². The molecule has 0 saturated carbocycles. The van der Waals surface area contributed by atoms with E-state index in [0.29, 0.717) is 23.8 Å². The zero-order valence-electron chi connectivity index (χ0n) is 16.7. The van der Waals surface area contributed by atoms with Crippen LogP contribution in [0.2, 0.25) is 0 Å². The molecule has 3 aromatic carbocycles. The van der Waals surface area contributed by atoms with Crippen LogP contribution < -0.4 is 9.64 Å². The van der Waals surface area contributed by atoms with Gasteiger partial charge < -0.3 is 14.4 Å². The molecule has 32 heavy (non-hydrogen) atoms. The van der Waals surface area contributed by atoms with Crippen molar-refractivity contribution in [2.45, 2.75) is 6.36 Å². The van der Waals surface area contributed by atoms with Gasteiger partial charge in [0.2, 0.25) is 0 Å². The number of benzene rings is 3. The van der Waals surface area contributed by atoms with Crippen LogP contribution in [0.5, 0.6) is 5.75 Å². The second-order valence-electron chi connectivity index (χ2n) is 6.78. The highest BCUT2D eigenvalue weighted by Crippen LogP contribution is 2.27. The second kappa shape index (κ2) is 9.56. The summed E-state index contributed by atoms with van der Waals surface area (Å²) in [7, 11) is 0. The topological polar surface area (TPSA) is 71.1 Å². The Labute approximate surface area is 181 Å². The minimum atomic E-state index is -4.73. The van der Waals surface area contributed by atoms with Gasteiger partial charge in [-0.15, -0.1) is 13.2 Å². The van der Waals surface area contributed by atoms with Crippen molar-refractivity contribution in [3.8, 4) is 5.75 Å². The summed E-state index contributed by atoms with van der Waals surface area (Å²) < 4.78 is 45.7. The maximum Gasteiger partial charge on any atom is 0.573 e. The van der Waals surface area contributed by atoms with E-state index in [0.717, 1.165) is 24.5 Å². The highest BCUT2D eigenvalue weighted by molar-refractivity contribution is 5.53. The molecule has 0 atom stereocenters. The predicted molar refractivity (Wildman–Crippen MR) is 113 cm³/mol. The summed E-state index contributed by atoms with van der Waals surface area (Å²) in [6, 6.07) is 19.8. The molecule has 0 amide bonds. The SMILES string of the molecule is FC(F)(F)Oc1ccc(N=Nc2ccc(N=Nc3ccc(N4CCOC4)cc3)cc2)cc1. The van der Waals surface area contributed by atoms with Gasteiger partial charge in [0.1, 0.15) is 12.5 Å². The van der Waals surface area contributed by atoms with Crippen molar-refractivity contribution in [1.82, 2.24) is 0 Å². The van der Waals surface area contributed by atoms with E-state index in [1.165, 1.54) is 24.3 Å².